The molecule has 1 N–H and O–H groups in total. The van der Waals surface area contributed by atoms with Crippen molar-refractivity contribution < 1.29 is 4.74 Å². The number of ether oxygens (including phenoxy) is 1. The van der Waals surface area contributed by atoms with Crippen LogP contribution in [0.15, 0.2) is 12.7 Å². The zero-order valence-electron chi connectivity index (χ0n) is 10.3. The molecule has 0 radical (unpaired) electrons. The van der Waals surface area contributed by atoms with Gasteiger partial charge in [0.2, 0.25) is 0 Å². The molecule has 0 aromatic heterocycles. The van der Waals surface area contributed by atoms with Gasteiger partial charge in [-0.25, -0.2) is 0 Å². The summed E-state index contributed by atoms with van der Waals surface area (Å²) in [6.45, 7) is 13.5. The number of hydrogen-bond donors (Lipinski definition) is 1. The highest BCUT2D eigenvalue weighted by molar-refractivity contribution is 4.94. The molecule has 0 saturated heterocycles. The number of hydrogen-bond acceptors (Lipinski definition) is 2. The zero-order valence-corrected chi connectivity index (χ0v) is 10.3. The van der Waals surface area contributed by atoms with Gasteiger partial charge in [-0.15, -0.1) is 6.58 Å². The second kappa shape index (κ2) is 6.20. The average Bonchev–Trinajstić information content (AvgIpc) is 2.14. The van der Waals surface area contributed by atoms with Crippen molar-refractivity contribution in [3.05, 3.63) is 12.7 Å². The minimum Gasteiger partial charge on any atom is -0.382 e. The second-order valence-electron chi connectivity index (χ2n) is 4.64. The van der Waals surface area contributed by atoms with Crippen LogP contribution in [0.5, 0.6) is 0 Å². The van der Waals surface area contributed by atoms with E-state index >= 15 is 0 Å². The van der Waals surface area contributed by atoms with E-state index in [2.05, 4.69) is 39.6 Å². The fourth-order valence-corrected chi connectivity index (χ4v) is 1.40. The van der Waals surface area contributed by atoms with Crippen LogP contribution >= 0.6 is 0 Å². The van der Waals surface area contributed by atoms with Gasteiger partial charge in [-0.2, -0.15) is 0 Å². The summed E-state index contributed by atoms with van der Waals surface area (Å²) in [5, 5.41) is 3.44. The van der Waals surface area contributed by atoms with Crippen molar-refractivity contribution in [2.24, 2.45) is 5.41 Å². The number of methoxy groups -OCH3 is 1. The first-order valence-corrected chi connectivity index (χ1v) is 5.33. The summed E-state index contributed by atoms with van der Waals surface area (Å²) >= 11 is 0. The average molecular weight is 199 g/mol. The smallest absolute Gasteiger partial charge is 0.0551 e. The van der Waals surface area contributed by atoms with Gasteiger partial charge in [0.1, 0.15) is 0 Å². The van der Waals surface area contributed by atoms with E-state index in [1.54, 1.807) is 7.11 Å². The molecule has 84 valence electrons. The summed E-state index contributed by atoms with van der Waals surface area (Å²) in [6.07, 6.45) is 3.32. The van der Waals surface area contributed by atoms with Gasteiger partial charge in [-0.3, -0.25) is 0 Å². The van der Waals surface area contributed by atoms with Crippen molar-refractivity contribution in [2.75, 3.05) is 13.7 Å². The van der Waals surface area contributed by atoms with Crippen molar-refractivity contribution in [2.45, 2.75) is 46.3 Å². The summed E-state index contributed by atoms with van der Waals surface area (Å²) in [5.41, 5.74) is 0.125. The maximum Gasteiger partial charge on any atom is 0.0551 e. The highest BCUT2D eigenvalue weighted by Gasteiger charge is 2.23. The first kappa shape index (κ1) is 13.7. The van der Waals surface area contributed by atoms with Crippen LogP contribution in [0.3, 0.4) is 0 Å². The van der Waals surface area contributed by atoms with Crippen molar-refractivity contribution in [3.8, 4) is 0 Å². The van der Waals surface area contributed by atoms with Crippen LogP contribution in [0.2, 0.25) is 0 Å². The third-order valence-corrected chi connectivity index (χ3v) is 2.56. The fraction of sp³-hybridized carbons (Fsp3) is 0.833. The Morgan fingerprint density at radius 3 is 2.36 bits per heavy atom. The lowest BCUT2D eigenvalue weighted by Gasteiger charge is -2.29. The van der Waals surface area contributed by atoms with Crippen molar-refractivity contribution in [1.82, 2.24) is 5.32 Å². The highest BCUT2D eigenvalue weighted by Crippen LogP contribution is 2.24. The Balaban J connectivity index is 4.10. The van der Waals surface area contributed by atoms with Crippen molar-refractivity contribution in [1.29, 1.82) is 0 Å². The van der Waals surface area contributed by atoms with E-state index in [-0.39, 0.29) is 11.5 Å². The minimum atomic E-state index is 0.125. The first-order chi connectivity index (χ1) is 6.43. The quantitative estimate of drug-likeness (QED) is 0.636. The molecule has 0 aliphatic carbocycles. The molecular formula is C12H25NO. The lowest BCUT2D eigenvalue weighted by Crippen LogP contribution is -2.36. The zero-order chi connectivity index (χ0) is 11.2. The van der Waals surface area contributed by atoms with Gasteiger partial charge in [-0.1, -0.05) is 26.8 Å². The third kappa shape index (κ3) is 5.40. The van der Waals surface area contributed by atoms with E-state index in [4.69, 9.17) is 4.74 Å². The lowest BCUT2D eigenvalue weighted by atomic mass is 9.84. The van der Waals surface area contributed by atoms with E-state index in [0.29, 0.717) is 6.04 Å². The van der Waals surface area contributed by atoms with Gasteiger partial charge in [0.25, 0.3) is 0 Å². The van der Waals surface area contributed by atoms with Gasteiger partial charge < -0.3 is 10.1 Å². The molecule has 0 saturated carbocycles. The van der Waals surface area contributed by atoms with Crippen LogP contribution in [-0.2, 0) is 4.74 Å². The Kier molecular flexibility index (Phi) is 6.05. The lowest BCUT2D eigenvalue weighted by molar-refractivity contribution is 0.0824. The summed E-state index contributed by atoms with van der Waals surface area (Å²) in [6, 6.07) is 0.520. The fourth-order valence-electron chi connectivity index (χ4n) is 1.40. The van der Waals surface area contributed by atoms with Crippen LogP contribution in [0.4, 0.5) is 0 Å². The highest BCUT2D eigenvalue weighted by atomic mass is 16.5. The Labute approximate surface area is 88.7 Å². The van der Waals surface area contributed by atoms with Crippen molar-refractivity contribution in [3.63, 3.8) is 0 Å². The van der Waals surface area contributed by atoms with Gasteiger partial charge in [-0.05, 0) is 13.3 Å². The maximum atomic E-state index is 5.28. The Bertz CT molecular complexity index is 168. The van der Waals surface area contributed by atoms with Crippen LogP contribution in [0.25, 0.3) is 0 Å². The molecule has 2 heteroatoms. The monoisotopic (exact) mass is 199 g/mol. The molecular weight excluding hydrogens is 174 g/mol. The molecule has 2 nitrogen and oxygen atoms in total. The van der Waals surface area contributed by atoms with E-state index in [0.717, 1.165) is 13.0 Å². The molecule has 0 aliphatic rings. The van der Waals surface area contributed by atoms with Crippen LogP contribution in [0.1, 0.15) is 34.1 Å². The molecule has 0 amide bonds. The summed E-state index contributed by atoms with van der Waals surface area (Å²) in [5.74, 6) is 0. The Hall–Kier alpha value is -0.340. The van der Waals surface area contributed by atoms with E-state index < -0.39 is 0 Å². The molecule has 0 bridgehead atoms. The number of nitrogens with one attached hydrogen (secondary N) is 1. The minimum absolute atomic E-state index is 0.125. The predicted molar refractivity (Wildman–Crippen MR) is 62.5 cm³/mol. The normalized spacial score (nSPS) is 17.9. The molecule has 0 fully saturated rings. The first-order valence-electron chi connectivity index (χ1n) is 5.33. The summed E-state index contributed by atoms with van der Waals surface area (Å²) < 4.78 is 5.28. The molecule has 2 atom stereocenters. The van der Waals surface area contributed by atoms with Gasteiger partial charge in [0.05, 0.1) is 6.10 Å². The van der Waals surface area contributed by atoms with E-state index in [1.807, 2.05) is 6.08 Å². The molecule has 0 aromatic carbocycles. The van der Waals surface area contributed by atoms with Crippen molar-refractivity contribution >= 4 is 0 Å². The van der Waals surface area contributed by atoms with Crippen LogP contribution < -0.4 is 5.32 Å². The van der Waals surface area contributed by atoms with Gasteiger partial charge in [0, 0.05) is 25.1 Å². The molecule has 14 heavy (non-hydrogen) atoms. The molecule has 0 heterocycles. The maximum absolute atomic E-state index is 5.28. The molecule has 0 spiro atoms. The molecule has 0 rings (SSSR count). The molecule has 2 unspecified atom stereocenters. The molecule has 0 aromatic rings. The predicted octanol–water partition coefficient (Wildman–Crippen LogP) is 2.60. The largest absolute Gasteiger partial charge is 0.382 e. The third-order valence-electron chi connectivity index (χ3n) is 2.56. The summed E-state index contributed by atoms with van der Waals surface area (Å²) in [4.78, 5) is 0. The Morgan fingerprint density at radius 1 is 1.43 bits per heavy atom. The summed E-state index contributed by atoms with van der Waals surface area (Å²) in [7, 11) is 1.75. The van der Waals surface area contributed by atoms with E-state index in [9.17, 15) is 0 Å². The van der Waals surface area contributed by atoms with Crippen LogP contribution in [0, 0.1) is 5.41 Å². The van der Waals surface area contributed by atoms with Gasteiger partial charge >= 0.3 is 0 Å². The topological polar surface area (TPSA) is 21.3 Å². The standard InChI is InChI=1S/C12H25NO/c1-7-12(5,8-11(4)14-6)9-13-10(2)3/h7,10-11,13H,1,8-9H2,2-6H3. The molecule has 0 aliphatic heterocycles. The van der Waals surface area contributed by atoms with Gasteiger partial charge in [0.15, 0.2) is 0 Å². The van der Waals surface area contributed by atoms with E-state index in [1.165, 1.54) is 0 Å². The second-order valence-corrected chi connectivity index (χ2v) is 4.64. The van der Waals surface area contributed by atoms with Crippen LogP contribution in [-0.4, -0.2) is 25.8 Å². The number of rotatable bonds is 7. The SMILES string of the molecule is C=CC(C)(CNC(C)C)CC(C)OC. The Morgan fingerprint density at radius 2 is 2.00 bits per heavy atom.